The van der Waals surface area contributed by atoms with Crippen LogP contribution in [0.4, 0.5) is 0 Å². The van der Waals surface area contributed by atoms with Gasteiger partial charge in [0, 0.05) is 0 Å². The molecule has 23 heavy (non-hydrogen) atoms. The second-order valence-corrected chi connectivity index (χ2v) is 3.40. The van der Waals surface area contributed by atoms with E-state index in [1.807, 2.05) is 0 Å². The molecule has 0 unspecified atom stereocenters. The molecule has 0 aromatic rings. The Morgan fingerprint density at radius 1 is 0.261 bits per heavy atom. The van der Waals surface area contributed by atoms with Gasteiger partial charge in [-0.1, -0.05) is 0 Å². The molecule has 0 aliphatic heterocycles. The van der Waals surface area contributed by atoms with Crippen molar-refractivity contribution in [1.29, 1.82) is 0 Å². The van der Waals surface area contributed by atoms with Crippen molar-refractivity contribution in [2.24, 2.45) is 0 Å². The average molecular weight is 587 g/mol. The molecule has 0 saturated heterocycles. The van der Waals surface area contributed by atoms with Gasteiger partial charge in [-0.25, -0.2) is 55.9 Å². The van der Waals surface area contributed by atoms with Gasteiger partial charge >= 0.3 is 38.2 Å². The smallest absolute Gasteiger partial charge is 0.412 e. The van der Waals surface area contributed by atoms with Gasteiger partial charge in [-0.05, 0) is 0 Å². The second-order valence-electron chi connectivity index (χ2n) is 1.13. The molecule has 0 bridgehead atoms. The monoisotopic (exact) mass is 587 g/mol. The average Bonchev–Trinajstić information content (AvgIpc) is 1.41. The fraction of sp³-hybridized carbons (Fsp3) is 0. The standard InChI is InChI=1S/3ClHO4.Dy.7H2O/c3*2-1(3,4)5;;;;;;;;/h3*(H,2,3,4,5);;7*1H2/q;;;+3;;;;;;;/p-3. The topological polar surface area (TPSA) is 497 Å². The molecular formula is H14Cl3DyO19. The van der Waals surface area contributed by atoms with Gasteiger partial charge in [0.05, 0.1) is 0 Å². The van der Waals surface area contributed by atoms with E-state index < -0.39 is 30.7 Å². The van der Waals surface area contributed by atoms with Crippen LogP contribution in [0.25, 0.3) is 0 Å². The molecule has 0 aliphatic carbocycles. The molecule has 0 aliphatic rings. The number of rotatable bonds is 0. The third kappa shape index (κ3) is 5590. The quantitative estimate of drug-likeness (QED) is 0.255. The molecule has 0 fully saturated rings. The van der Waals surface area contributed by atoms with E-state index in [-0.39, 0.29) is 76.5 Å². The molecular weight excluding hydrogens is 573 g/mol. The SMILES string of the molecule is O.O.O.O.O.O.O.[Dy+3].[O-][Cl+3]([O-])([O-])[O-].[O-][Cl+3]([O-])([O-])[O-].[O-][Cl+3]([O-])([O-])[O-]. The van der Waals surface area contributed by atoms with Crippen molar-refractivity contribution in [2.45, 2.75) is 0 Å². The Morgan fingerprint density at radius 2 is 0.261 bits per heavy atom. The van der Waals surface area contributed by atoms with Gasteiger partial charge in [-0.3, -0.25) is 0 Å². The maximum atomic E-state index is 8.49. The summed E-state index contributed by atoms with van der Waals surface area (Å²) in [7, 11) is -14.8. The largest absolute Gasteiger partial charge is 3.00 e. The van der Waals surface area contributed by atoms with Crippen molar-refractivity contribution in [2.75, 3.05) is 0 Å². The van der Waals surface area contributed by atoms with Gasteiger partial charge in [0.25, 0.3) is 0 Å². The Hall–Kier alpha value is 1.38. The molecule has 0 heterocycles. The van der Waals surface area contributed by atoms with Gasteiger partial charge in [-0.2, -0.15) is 0 Å². The number of hydrogen-bond acceptors (Lipinski definition) is 12. The maximum Gasteiger partial charge on any atom is 3.00 e. The van der Waals surface area contributed by atoms with E-state index >= 15 is 0 Å². The van der Waals surface area contributed by atoms with E-state index in [2.05, 4.69) is 0 Å². The van der Waals surface area contributed by atoms with Crippen LogP contribution >= 0.6 is 0 Å². The zero-order valence-electron chi connectivity index (χ0n) is 9.85. The molecule has 159 valence electrons. The third-order valence-electron chi connectivity index (χ3n) is 0. The van der Waals surface area contributed by atoms with Crippen molar-refractivity contribution in [1.82, 2.24) is 0 Å². The van der Waals surface area contributed by atoms with Crippen LogP contribution in [0.15, 0.2) is 0 Å². The molecule has 0 atom stereocenters. The molecule has 19 nitrogen and oxygen atoms in total. The van der Waals surface area contributed by atoms with Crippen LogP contribution < -0.4 is 55.9 Å². The zero-order valence-corrected chi connectivity index (χ0v) is 14.1. The molecule has 0 rings (SSSR count). The van der Waals surface area contributed by atoms with Crippen LogP contribution in [-0.4, -0.2) is 38.3 Å². The fourth-order valence-corrected chi connectivity index (χ4v) is 0. The molecule has 23 heteroatoms. The minimum Gasteiger partial charge on any atom is -0.412 e. The van der Waals surface area contributed by atoms with E-state index in [1.54, 1.807) is 0 Å². The first kappa shape index (κ1) is 74.4. The van der Waals surface area contributed by atoms with Crippen LogP contribution in [0.3, 0.4) is 0 Å². The van der Waals surface area contributed by atoms with E-state index in [1.165, 1.54) is 0 Å². The Bertz CT molecular complexity index is 93.6. The van der Waals surface area contributed by atoms with Crippen molar-refractivity contribution in [3.05, 3.63) is 0 Å². The molecule has 0 aromatic carbocycles. The molecule has 0 aromatic heterocycles. The van der Waals surface area contributed by atoms with E-state index in [9.17, 15) is 0 Å². The molecule has 1 radical (unpaired) electrons. The van der Waals surface area contributed by atoms with Crippen LogP contribution in [-0.2, 0) is 0 Å². The van der Waals surface area contributed by atoms with Gasteiger partial charge < -0.3 is 38.3 Å². The van der Waals surface area contributed by atoms with Crippen LogP contribution in [0.5, 0.6) is 0 Å². The summed E-state index contributed by atoms with van der Waals surface area (Å²) >= 11 is 0. The summed E-state index contributed by atoms with van der Waals surface area (Å²) in [6, 6.07) is 0. The minimum atomic E-state index is -4.94. The van der Waals surface area contributed by atoms with E-state index in [0.717, 1.165) is 0 Å². The van der Waals surface area contributed by atoms with Gasteiger partial charge in [-0.15, -0.1) is 30.7 Å². The fourth-order valence-electron chi connectivity index (χ4n) is 0. The third-order valence-corrected chi connectivity index (χ3v) is 0. The van der Waals surface area contributed by atoms with Crippen molar-refractivity contribution in [3.8, 4) is 0 Å². The number of halogens is 3. The Morgan fingerprint density at radius 3 is 0.261 bits per heavy atom. The molecule has 14 N–H and O–H groups in total. The van der Waals surface area contributed by atoms with Crippen LogP contribution in [0, 0.1) is 68.9 Å². The molecule has 0 amide bonds. The summed E-state index contributed by atoms with van der Waals surface area (Å²) in [5, 5.41) is 0. The predicted molar refractivity (Wildman–Crippen MR) is 25.3 cm³/mol. The Balaban J connectivity index is -0.00000000889. The molecule has 0 spiro atoms. The van der Waals surface area contributed by atoms with Crippen molar-refractivity contribution < 1.29 is 163 Å². The summed E-state index contributed by atoms with van der Waals surface area (Å²) in [6.45, 7) is 0. The minimum absolute atomic E-state index is 0. The second kappa shape index (κ2) is 31.2. The van der Waals surface area contributed by atoms with Crippen molar-refractivity contribution in [3.63, 3.8) is 0 Å². The number of hydrogen-bond donors (Lipinski definition) is 0. The van der Waals surface area contributed by atoms with Crippen LogP contribution in [0.1, 0.15) is 0 Å². The first-order chi connectivity index (χ1) is 6.00. The van der Waals surface area contributed by atoms with Crippen molar-refractivity contribution >= 4 is 0 Å². The summed E-state index contributed by atoms with van der Waals surface area (Å²) in [5.74, 6) is 0. The predicted octanol–water partition coefficient (Wildman–Crippen LogP) is -20.0. The first-order valence-corrected chi connectivity index (χ1v) is 5.55. The van der Waals surface area contributed by atoms with Gasteiger partial charge in [0.2, 0.25) is 0 Å². The summed E-state index contributed by atoms with van der Waals surface area (Å²) < 4.78 is 102. The first-order valence-electron chi connectivity index (χ1n) is 1.85. The van der Waals surface area contributed by atoms with Crippen LogP contribution in [0.2, 0.25) is 0 Å². The normalized spacial score (nSPS) is 7.83. The van der Waals surface area contributed by atoms with Gasteiger partial charge in [0.1, 0.15) is 0 Å². The van der Waals surface area contributed by atoms with Gasteiger partial charge in [0.15, 0.2) is 0 Å². The Labute approximate surface area is 162 Å². The molecule has 0 saturated carbocycles. The van der Waals surface area contributed by atoms with E-state index in [4.69, 9.17) is 55.9 Å². The summed E-state index contributed by atoms with van der Waals surface area (Å²) in [5.41, 5.74) is 0. The maximum absolute atomic E-state index is 8.49. The Kier molecular flexibility index (Phi) is 101. The summed E-state index contributed by atoms with van der Waals surface area (Å²) in [4.78, 5) is 0. The summed E-state index contributed by atoms with van der Waals surface area (Å²) in [6.07, 6.45) is 0. The van der Waals surface area contributed by atoms with E-state index in [0.29, 0.717) is 0 Å². The zero-order chi connectivity index (χ0) is 13.5.